The molecule has 0 aromatic carbocycles. The Morgan fingerprint density at radius 1 is 1.22 bits per heavy atom. The minimum absolute atomic E-state index is 0. The van der Waals surface area contributed by atoms with Crippen LogP contribution in [0.1, 0.15) is 51.2 Å². The summed E-state index contributed by atoms with van der Waals surface area (Å²) < 4.78 is 2.06. The lowest BCUT2D eigenvalue weighted by Crippen LogP contribution is -2.47. The van der Waals surface area contributed by atoms with E-state index in [4.69, 9.17) is 0 Å². The minimum Gasteiger partial charge on any atom is -0.356 e. The van der Waals surface area contributed by atoms with Crippen LogP contribution in [0.4, 0.5) is 0 Å². The summed E-state index contributed by atoms with van der Waals surface area (Å²) in [5, 5.41) is 11.7. The normalized spacial score (nSPS) is 21.4. The van der Waals surface area contributed by atoms with Crippen molar-refractivity contribution in [1.82, 2.24) is 30.3 Å². The molecule has 1 saturated heterocycles. The van der Waals surface area contributed by atoms with Crippen molar-refractivity contribution in [2.45, 2.75) is 65.0 Å². The smallest absolute Gasteiger partial charge is 0.191 e. The number of fused-ring (bicyclic) bond motifs is 1. The van der Waals surface area contributed by atoms with Crippen molar-refractivity contribution in [2.24, 2.45) is 10.9 Å². The van der Waals surface area contributed by atoms with Gasteiger partial charge in [-0.15, -0.1) is 24.0 Å². The van der Waals surface area contributed by atoms with E-state index in [0.717, 1.165) is 55.9 Å². The van der Waals surface area contributed by atoms with Crippen LogP contribution in [-0.2, 0) is 19.4 Å². The number of aliphatic imine (C=N–C) groups is 1. The van der Waals surface area contributed by atoms with E-state index in [1.165, 1.54) is 38.9 Å². The Morgan fingerprint density at radius 2 is 2.00 bits per heavy atom. The number of hydrogen-bond donors (Lipinski definition) is 2. The van der Waals surface area contributed by atoms with Crippen molar-refractivity contribution in [3.8, 4) is 0 Å². The van der Waals surface area contributed by atoms with Crippen molar-refractivity contribution in [3.63, 3.8) is 0 Å². The molecule has 27 heavy (non-hydrogen) atoms. The molecule has 3 heterocycles. The van der Waals surface area contributed by atoms with Crippen LogP contribution in [0.2, 0.25) is 0 Å². The molecule has 3 rings (SSSR count). The lowest BCUT2D eigenvalue weighted by atomic mass is 9.93. The summed E-state index contributed by atoms with van der Waals surface area (Å²) in [5.41, 5.74) is 0. The van der Waals surface area contributed by atoms with Gasteiger partial charge in [0.25, 0.3) is 0 Å². The third-order valence-corrected chi connectivity index (χ3v) is 5.78. The summed E-state index contributed by atoms with van der Waals surface area (Å²) in [5.74, 6) is 3.85. The second kappa shape index (κ2) is 11.2. The van der Waals surface area contributed by atoms with Gasteiger partial charge in [0.15, 0.2) is 11.8 Å². The topological polar surface area (TPSA) is 70.4 Å². The minimum atomic E-state index is 0. The van der Waals surface area contributed by atoms with Gasteiger partial charge in [-0.25, -0.2) is 9.67 Å². The van der Waals surface area contributed by atoms with E-state index < -0.39 is 0 Å². The van der Waals surface area contributed by atoms with Crippen LogP contribution in [0, 0.1) is 5.92 Å². The Hall–Kier alpha value is -0.900. The fraction of sp³-hybridized carbons (Fsp3) is 0.842. The summed E-state index contributed by atoms with van der Waals surface area (Å²) in [6.45, 7) is 9.95. The van der Waals surface area contributed by atoms with Gasteiger partial charge in [0, 0.05) is 32.5 Å². The van der Waals surface area contributed by atoms with Gasteiger partial charge in [-0.2, -0.15) is 5.10 Å². The molecule has 1 aromatic heterocycles. The number of rotatable bonds is 6. The molecule has 0 radical (unpaired) electrons. The number of hydrogen-bond acceptors (Lipinski definition) is 4. The molecule has 0 saturated carbocycles. The number of aryl methyl sites for hydroxylation is 2. The zero-order chi connectivity index (χ0) is 18.4. The molecule has 0 aliphatic carbocycles. The molecular formula is C19H36IN7. The second-order valence-corrected chi connectivity index (χ2v) is 7.53. The zero-order valence-electron chi connectivity index (χ0n) is 17.1. The van der Waals surface area contributed by atoms with Crippen LogP contribution >= 0.6 is 24.0 Å². The summed E-state index contributed by atoms with van der Waals surface area (Å²) in [4.78, 5) is 11.6. The van der Waals surface area contributed by atoms with E-state index in [1.54, 1.807) is 0 Å². The highest BCUT2D eigenvalue weighted by Crippen LogP contribution is 2.19. The lowest BCUT2D eigenvalue weighted by molar-refractivity contribution is 0.187. The molecule has 2 aliphatic rings. The first-order valence-corrected chi connectivity index (χ1v) is 10.3. The number of aromatic nitrogens is 3. The molecule has 0 amide bonds. The van der Waals surface area contributed by atoms with E-state index in [2.05, 4.69) is 49.1 Å². The highest BCUT2D eigenvalue weighted by atomic mass is 127. The first-order valence-electron chi connectivity index (χ1n) is 10.3. The van der Waals surface area contributed by atoms with E-state index in [0.29, 0.717) is 6.04 Å². The Balaban J connectivity index is 0.00000261. The summed E-state index contributed by atoms with van der Waals surface area (Å²) in [6, 6.07) is 0.368. The molecule has 8 heteroatoms. The van der Waals surface area contributed by atoms with Gasteiger partial charge < -0.3 is 15.5 Å². The Labute approximate surface area is 180 Å². The van der Waals surface area contributed by atoms with E-state index in [1.807, 2.05) is 7.05 Å². The summed E-state index contributed by atoms with van der Waals surface area (Å²) in [7, 11) is 1.86. The number of halogens is 1. The standard InChI is InChI=1S/C19H35N7.HI/c1-4-17-23-18-7-6-16(14-26(18)24-17)22-19(20-3)21-11-8-15-9-12-25(5-2)13-10-15;/h15-16H,4-14H2,1-3H3,(H2,20,21,22);1H. The zero-order valence-corrected chi connectivity index (χ0v) is 19.4. The Kier molecular flexibility index (Phi) is 9.28. The number of nitrogens with one attached hydrogen (secondary N) is 2. The van der Waals surface area contributed by atoms with Crippen LogP contribution in [0.3, 0.4) is 0 Å². The van der Waals surface area contributed by atoms with E-state index in [9.17, 15) is 0 Å². The third kappa shape index (κ3) is 6.30. The van der Waals surface area contributed by atoms with Gasteiger partial charge in [0.1, 0.15) is 5.82 Å². The molecule has 1 atom stereocenters. The van der Waals surface area contributed by atoms with Gasteiger partial charge >= 0.3 is 0 Å². The molecule has 1 fully saturated rings. The third-order valence-electron chi connectivity index (χ3n) is 5.78. The molecular weight excluding hydrogens is 453 g/mol. The summed E-state index contributed by atoms with van der Waals surface area (Å²) >= 11 is 0. The van der Waals surface area contributed by atoms with Crippen LogP contribution in [0.15, 0.2) is 4.99 Å². The maximum absolute atomic E-state index is 4.59. The molecule has 154 valence electrons. The lowest BCUT2D eigenvalue weighted by Gasteiger charge is -2.31. The van der Waals surface area contributed by atoms with Crippen molar-refractivity contribution in [3.05, 3.63) is 11.6 Å². The fourth-order valence-corrected chi connectivity index (χ4v) is 4.00. The largest absolute Gasteiger partial charge is 0.356 e. The van der Waals surface area contributed by atoms with Gasteiger partial charge in [0.2, 0.25) is 0 Å². The van der Waals surface area contributed by atoms with Crippen molar-refractivity contribution in [2.75, 3.05) is 33.2 Å². The Morgan fingerprint density at radius 3 is 2.67 bits per heavy atom. The van der Waals surface area contributed by atoms with Crippen LogP contribution in [-0.4, -0.2) is 64.9 Å². The highest BCUT2D eigenvalue weighted by molar-refractivity contribution is 14.0. The van der Waals surface area contributed by atoms with Gasteiger partial charge in [0.05, 0.1) is 6.54 Å². The molecule has 7 nitrogen and oxygen atoms in total. The number of likely N-dealkylation sites (tertiary alicyclic amines) is 1. The molecule has 0 spiro atoms. The predicted molar refractivity (Wildman–Crippen MR) is 121 cm³/mol. The van der Waals surface area contributed by atoms with E-state index in [-0.39, 0.29) is 24.0 Å². The molecule has 2 aliphatic heterocycles. The van der Waals surface area contributed by atoms with Crippen molar-refractivity contribution in [1.29, 1.82) is 0 Å². The maximum atomic E-state index is 4.59. The van der Waals surface area contributed by atoms with Gasteiger partial charge in [-0.3, -0.25) is 4.99 Å². The van der Waals surface area contributed by atoms with Crippen molar-refractivity contribution < 1.29 is 0 Å². The highest BCUT2D eigenvalue weighted by Gasteiger charge is 2.22. The average Bonchev–Trinajstić information content (AvgIpc) is 3.10. The van der Waals surface area contributed by atoms with Crippen LogP contribution < -0.4 is 10.6 Å². The summed E-state index contributed by atoms with van der Waals surface area (Å²) in [6.07, 6.45) is 6.86. The number of nitrogens with zero attached hydrogens (tertiary/aromatic N) is 5. The maximum Gasteiger partial charge on any atom is 0.191 e. The molecule has 1 unspecified atom stereocenters. The fourth-order valence-electron chi connectivity index (χ4n) is 4.00. The first kappa shape index (κ1) is 22.4. The molecule has 2 N–H and O–H groups in total. The second-order valence-electron chi connectivity index (χ2n) is 7.53. The Bertz CT molecular complexity index is 593. The van der Waals surface area contributed by atoms with Gasteiger partial charge in [-0.05, 0) is 51.2 Å². The first-order chi connectivity index (χ1) is 12.7. The van der Waals surface area contributed by atoms with Gasteiger partial charge in [-0.1, -0.05) is 13.8 Å². The molecule has 1 aromatic rings. The average molecular weight is 489 g/mol. The SMILES string of the molecule is CCc1nc2n(n1)CC(NC(=NC)NCCC1CCN(CC)CC1)CC2.I. The predicted octanol–water partition coefficient (Wildman–Crippen LogP) is 2.06. The quantitative estimate of drug-likeness (QED) is 0.364. The molecule has 0 bridgehead atoms. The van der Waals surface area contributed by atoms with Crippen molar-refractivity contribution >= 4 is 29.9 Å². The van der Waals surface area contributed by atoms with Crippen LogP contribution in [0.5, 0.6) is 0 Å². The monoisotopic (exact) mass is 489 g/mol. The van der Waals surface area contributed by atoms with E-state index >= 15 is 0 Å². The van der Waals surface area contributed by atoms with Crippen LogP contribution in [0.25, 0.3) is 0 Å². The number of piperidine rings is 1. The number of guanidine groups is 1.